The summed E-state index contributed by atoms with van der Waals surface area (Å²) < 4.78 is 25.0. The normalized spacial score (nSPS) is 13.0. The standard InChI is InChI=1S/C8H20N3O3P/c1-8(11(3)7-6-9-2)10-15(12,13-4)14-5/h9H,6-7H2,1-5H3. The molecule has 0 bridgehead atoms. The summed E-state index contributed by atoms with van der Waals surface area (Å²) in [5.74, 6) is 0.622. The highest BCUT2D eigenvalue weighted by atomic mass is 31.2. The first-order valence-corrected chi connectivity index (χ1v) is 6.12. The van der Waals surface area contributed by atoms with E-state index in [1.807, 2.05) is 19.0 Å². The van der Waals surface area contributed by atoms with Crippen molar-refractivity contribution in [3.8, 4) is 0 Å². The van der Waals surface area contributed by atoms with Crippen LogP contribution >= 0.6 is 7.75 Å². The second-order valence-corrected chi connectivity index (χ2v) is 4.87. The summed E-state index contributed by atoms with van der Waals surface area (Å²) in [4.78, 5) is 1.88. The lowest BCUT2D eigenvalue weighted by molar-refractivity contribution is 0.276. The van der Waals surface area contributed by atoms with E-state index in [1.165, 1.54) is 14.2 Å². The molecule has 0 heterocycles. The van der Waals surface area contributed by atoms with Gasteiger partial charge in [0.2, 0.25) is 0 Å². The van der Waals surface area contributed by atoms with Crippen LogP contribution in [0.5, 0.6) is 0 Å². The van der Waals surface area contributed by atoms with Crippen molar-refractivity contribution in [2.45, 2.75) is 6.92 Å². The molecule has 0 saturated carbocycles. The Balaban J connectivity index is 4.46. The highest BCUT2D eigenvalue weighted by Crippen LogP contribution is 2.48. The molecular weight excluding hydrogens is 217 g/mol. The maximum absolute atomic E-state index is 11.7. The number of nitrogens with zero attached hydrogens (tertiary/aromatic N) is 2. The Bertz CT molecular complexity index is 250. The van der Waals surface area contributed by atoms with E-state index < -0.39 is 7.75 Å². The van der Waals surface area contributed by atoms with Gasteiger partial charge in [-0.3, -0.25) is 9.05 Å². The molecule has 0 atom stereocenters. The number of likely N-dealkylation sites (N-methyl/N-ethyl adjacent to an activating group) is 2. The number of rotatable bonds is 6. The molecule has 0 radical (unpaired) electrons. The molecule has 0 aliphatic heterocycles. The molecule has 0 amide bonds. The summed E-state index contributed by atoms with van der Waals surface area (Å²) in [5.41, 5.74) is 0. The predicted molar refractivity (Wildman–Crippen MR) is 61.3 cm³/mol. The van der Waals surface area contributed by atoms with E-state index in [0.29, 0.717) is 5.84 Å². The van der Waals surface area contributed by atoms with Crippen molar-refractivity contribution in [2.24, 2.45) is 4.76 Å². The molecule has 0 aromatic heterocycles. The molecule has 90 valence electrons. The van der Waals surface area contributed by atoms with E-state index >= 15 is 0 Å². The monoisotopic (exact) mass is 237 g/mol. The van der Waals surface area contributed by atoms with Gasteiger partial charge in [0.1, 0.15) is 5.84 Å². The highest BCUT2D eigenvalue weighted by Gasteiger charge is 2.20. The van der Waals surface area contributed by atoms with Gasteiger partial charge in [-0.15, -0.1) is 0 Å². The average molecular weight is 237 g/mol. The molecule has 0 spiro atoms. The first-order chi connectivity index (χ1) is 6.99. The Kier molecular flexibility index (Phi) is 6.76. The molecule has 1 N–H and O–H groups in total. The van der Waals surface area contributed by atoms with Crippen LogP contribution in [0.3, 0.4) is 0 Å². The van der Waals surface area contributed by atoms with Crippen LogP contribution in [0.15, 0.2) is 4.76 Å². The van der Waals surface area contributed by atoms with E-state index in [-0.39, 0.29) is 0 Å². The Morgan fingerprint density at radius 2 is 2.00 bits per heavy atom. The number of hydrogen-bond acceptors (Lipinski definition) is 4. The molecule has 0 aliphatic carbocycles. The fourth-order valence-electron chi connectivity index (χ4n) is 0.851. The topological polar surface area (TPSA) is 63.2 Å². The van der Waals surface area contributed by atoms with Crippen LogP contribution in [0.4, 0.5) is 0 Å². The van der Waals surface area contributed by atoms with Gasteiger partial charge in [0.05, 0.1) is 0 Å². The van der Waals surface area contributed by atoms with Crippen LogP contribution in [-0.4, -0.2) is 52.1 Å². The van der Waals surface area contributed by atoms with Gasteiger partial charge >= 0.3 is 7.75 Å². The number of nitrogens with one attached hydrogen (secondary N) is 1. The zero-order valence-electron chi connectivity index (χ0n) is 9.98. The van der Waals surface area contributed by atoms with Crippen LogP contribution in [0.25, 0.3) is 0 Å². The Morgan fingerprint density at radius 3 is 2.40 bits per heavy atom. The first-order valence-electron chi connectivity index (χ1n) is 4.63. The van der Waals surface area contributed by atoms with E-state index in [4.69, 9.17) is 9.05 Å². The van der Waals surface area contributed by atoms with Crippen LogP contribution < -0.4 is 5.32 Å². The summed E-state index contributed by atoms with van der Waals surface area (Å²) >= 11 is 0. The second-order valence-electron chi connectivity index (χ2n) is 3.01. The molecule has 0 aromatic rings. The Labute approximate surface area is 91.2 Å². The quantitative estimate of drug-likeness (QED) is 0.423. The van der Waals surface area contributed by atoms with Gasteiger partial charge < -0.3 is 10.2 Å². The van der Waals surface area contributed by atoms with Crippen LogP contribution in [0, 0.1) is 0 Å². The number of amidine groups is 1. The third-order valence-electron chi connectivity index (χ3n) is 1.98. The van der Waals surface area contributed by atoms with E-state index in [0.717, 1.165) is 13.1 Å². The van der Waals surface area contributed by atoms with Crippen molar-refractivity contribution in [2.75, 3.05) is 41.4 Å². The van der Waals surface area contributed by atoms with Crippen LogP contribution in [0.1, 0.15) is 6.92 Å². The molecular formula is C8H20N3O3P. The van der Waals surface area contributed by atoms with Crippen molar-refractivity contribution >= 4 is 13.6 Å². The largest absolute Gasteiger partial charge is 0.454 e. The zero-order chi connectivity index (χ0) is 11.9. The fraction of sp³-hybridized carbons (Fsp3) is 0.875. The van der Waals surface area contributed by atoms with Gasteiger partial charge in [-0.05, 0) is 14.0 Å². The highest BCUT2D eigenvalue weighted by molar-refractivity contribution is 7.52. The van der Waals surface area contributed by atoms with Crippen LogP contribution in [-0.2, 0) is 13.6 Å². The van der Waals surface area contributed by atoms with E-state index in [1.54, 1.807) is 6.92 Å². The molecule has 0 unspecified atom stereocenters. The molecule has 0 fully saturated rings. The smallest absolute Gasteiger partial charge is 0.362 e. The van der Waals surface area contributed by atoms with Crippen molar-refractivity contribution in [1.29, 1.82) is 0 Å². The predicted octanol–water partition coefficient (Wildman–Crippen LogP) is 0.957. The lowest BCUT2D eigenvalue weighted by Crippen LogP contribution is -2.31. The maximum Gasteiger partial charge on any atom is 0.454 e. The minimum absolute atomic E-state index is 0.622. The lowest BCUT2D eigenvalue weighted by atomic mass is 10.5. The van der Waals surface area contributed by atoms with Crippen molar-refractivity contribution in [3.05, 3.63) is 0 Å². The van der Waals surface area contributed by atoms with Gasteiger partial charge in [0.25, 0.3) is 0 Å². The average Bonchev–Trinajstić information content (AvgIpc) is 2.25. The van der Waals surface area contributed by atoms with Crippen molar-refractivity contribution in [1.82, 2.24) is 10.2 Å². The first kappa shape index (κ1) is 14.6. The minimum Gasteiger partial charge on any atom is -0.362 e. The molecule has 0 aromatic carbocycles. The maximum atomic E-state index is 11.7. The SMILES string of the molecule is CNCCN(C)C(C)=NP(=O)(OC)OC. The molecule has 7 heteroatoms. The van der Waals surface area contributed by atoms with Gasteiger partial charge in [0, 0.05) is 34.4 Å². The minimum atomic E-state index is -3.30. The third kappa shape index (κ3) is 5.28. The number of hydrogen-bond donors (Lipinski definition) is 1. The van der Waals surface area contributed by atoms with E-state index in [2.05, 4.69) is 10.1 Å². The zero-order valence-corrected chi connectivity index (χ0v) is 10.9. The van der Waals surface area contributed by atoms with Gasteiger partial charge in [0.15, 0.2) is 0 Å². The summed E-state index contributed by atoms with van der Waals surface area (Å²) in [6.45, 7) is 3.37. The Morgan fingerprint density at radius 1 is 1.47 bits per heavy atom. The Hall–Kier alpha value is -0.420. The van der Waals surface area contributed by atoms with Crippen LogP contribution in [0.2, 0.25) is 0 Å². The molecule has 15 heavy (non-hydrogen) atoms. The summed E-state index contributed by atoms with van der Waals surface area (Å²) in [6.07, 6.45) is 0. The van der Waals surface area contributed by atoms with Crippen molar-refractivity contribution < 1.29 is 13.6 Å². The molecule has 0 aliphatic rings. The summed E-state index contributed by atoms with van der Waals surface area (Å²) in [7, 11) is 3.07. The van der Waals surface area contributed by atoms with Gasteiger partial charge in [-0.1, -0.05) is 0 Å². The van der Waals surface area contributed by atoms with Gasteiger partial charge in [-0.25, -0.2) is 4.57 Å². The van der Waals surface area contributed by atoms with Gasteiger partial charge in [-0.2, -0.15) is 4.76 Å². The summed E-state index contributed by atoms with van der Waals surface area (Å²) in [5, 5.41) is 3.02. The van der Waals surface area contributed by atoms with E-state index in [9.17, 15) is 4.57 Å². The fourth-order valence-corrected chi connectivity index (χ4v) is 1.67. The molecule has 6 nitrogen and oxygen atoms in total. The summed E-state index contributed by atoms with van der Waals surface area (Å²) in [6, 6.07) is 0. The van der Waals surface area contributed by atoms with Crippen molar-refractivity contribution in [3.63, 3.8) is 0 Å². The molecule has 0 rings (SSSR count). The third-order valence-corrected chi connectivity index (χ3v) is 3.44. The molecule has 0 saturated heterocycles. The lowest BCUT2D eigenvalue weighted by Gasteiger charge is -2.19. The second kappa shape index (κ2) is 6.95.